The van der Waals surface area contributed by atoms with Gasteiger partial charge in [0.15, 0.2) is 0 Å². The van der Waals surface area contributed by atoms with E-state index in [1.807, 2.05) is 0 Å². The van der Waals surface area contributed by atoms with Gasteiger partial charge in [0.2, 0.25) is 0 Å². The summed E-state index contributed by atoms with van der Waals surface area (Å²) in [5.41, 5.74) is 6.92. The Morgan fingerprint density at radius 2 is 2.00 bits per heavy atom. The number of nitrogens with two attached hydrogens (primary N) is 1. The average Bonchev–Trinajstić information content (AvgIpc) is 2.35. The van der Waals surface area contributed by atoms with Gasteiger partial charge in [-0.25, -0.2) is 4.98 Å². The predicted octanol–water partition coefficient (Wildman–Crippen LogP) is 3.22. The maximum absolute atomic E-state index is 12.0. The minimum atomic E-state index is -0.348. The lowest BCUT2D eigenvalue weighted by Gasteiger charge is -2.07. The van der Waals surface area contributed by atoms with E-state index in [1.54, 1.807) is 24.3 Å². The fraction of sp³-hybridized carbons (Fsp3) is 0. The van der Waals surface area contributed by atoms with Gasteiger partial charge in [-0.1, -0.05) is 23.2 Å². The van der Waals surface area contributed by atoms with Crippen LogP contribution < -0.4 is 11.1 Å². The van der Waals surface area contributed by atoms with Crippen LogP contribution in [-0.2, 0) is 0 Å². The molecular weight excluding hydrogens is 273 g/mol. The van der Waals surface area contributed by atoms with Crippen molar-refractivity contribution in [2.75, 3.05) is 11.1 Å². The molecule has 0 aliphatic heterocycles. The molecule has 2 rings (SSSR count). The third-order valence-electron chi connectivity index (χ3n) is 2.25. The Kier molecular flexibility index (Phi) is 3.69. The predicted molar refractivity (Wildman–Crippen MR) is 73.1 cm³/mol. The topological polar surface area (TPSA) is 68.0 Å². The summed E-state index contributed by atoms with van der Waals surface area (Å²) >= 11 is 11.5. The van der Waals surface area contributed by atoms with Crippen LogP contribution in [0.5, 0.6) is 0 Å². The van der Waals surface area contributed by atoms with Crippen molar-refractivity contribution in [3.8, 4) is 0 Å². The van der Waals surface area contributed by atoms with Crippen LogP contribution in [-0.4, -0.2) is 10.9 Å². The summed E-state index contributed by atoms with van der Waals surface area (Å²) in [6, 6.07) is 7.94. The molecule has 1 amide bonds. The second-order valence-electron chi connectivity index (χ2n) is 3.56. The van der Waals surface area contributed by atoms with Crippen molar-refractivity contribution in [2.45, 2.75) is 0 Å². The molecule has 0 aliphatic rings. The summed E-state index contributed by atoms with van der Waals surface area (Å²) in [4.78, 5) is 15.8. The summed E-state index contributed by atoms with van der Waals surface area (Å²) < 4.78 is 0. The number of carbonyl (C=O) groups is 1. The molecule has 1 heterocycles. The van der Waals surface area contributed by atoms with Gasteiger partial charge < -0.3 is 11.1 Å². The lowest BCUT2D eigenvalue weighted by Crippen LogP contribution is -2.14. The highest BCUT2D eigenvalue weighted by Crippen LogP contribution is 2.19. The Morgan fingerprint density at radius 1 is 1.22 bits per heavy atom. The summed E-state index contributed by atoms with van der Waals surface area (Å²) in [5, 5.41) is 3.46. The van der Waals surface area contributed by atoms with Crippen LogP contribution in [0.15, 0.2) is 36.5 Å². The molecule has 6 heteroatoms. The van der Waals surface area contributed by atoms with Crippen molar-refractivity contribution in [1.82, 2.24) is 4.98 Å². The summed E-state index contributed by atoms with van der Waals surface area (Å²) in [7, 11) is 0. The monoisotopic (exact) mass is 281 g/mol. The zero-order chi connectivity index (χ0) is 13.1. The number of halogens is 2. The van der Waals surface area contributed by atoms with Crippen LogP contribution in [0, 0.1) is 0 Å². The molecule has 92 valence electrons. The van der Waals surface area contributed by atoms with E-state index >= 15 is 0 Å². The maximum Gasteiger partial charge on any atom is 0.257 e. The second-order valence-corrected chi connectivity index (χ2v) is 4.38. The first-order valence-electron chi connectivity index (χ1n) is 5.04. The van der Waals surface area contributed by atoms with E-state index in [1.165, 1.54) is 12.3 Å². The van der Waals surface area contributed by atoms with Gasteiger partial charge in [-0.2, -0.15) is 0 Å². The molecule has 0 fully saturated rings. The summed E-state index contributed by atoms with van der Waals surface area (Å²) in [6.07, 6.45) is 1.46. The Morgan fingerprint density at radius 3 is 2.67 bits per heavy atom. The number of carbonyl (C=O) groups excluding carboxylic acids is 1. The van der Waals surface area contributed by atoms with Gasteiger partial charge in [0, 0.05) is 10.7 Å². The molecule has 0 atom stereocenters. The lowest BCUT2D eigenvalue weighted by atomic mass is 10.1. The fourth-order valence-electron chi connectivity index (χ4n) is 1.37. The smallest absolute Gasteiger partial charge is 0.257 e. The Labute approximate surface area is 114 Å². The molecule has 3 N–H and O–H groups in total. The second kappa shape index (κ2) is 5.25. The van der Waals surface area contributed by atoms with Crippen molar-refractivity contribution in [3.63, 3.8) is 0 Å². The molecule has 0 bridgehead atoms. The van der Waals surface area contributed by atoms with Crippen molar-refractivity contribution < 1.29 is 4.79 Å². The lowest BCUT2D eigenvalue weighted by molar-refractivity contribution is 0.102. The Balaban J connectivity index is 2.21. The maximum atomic E-state index is 12.0. The van der Waals surface area contributed by atoms with Crippen molar-refractivity contribution >= 4 is 40.5 Å². The van der Waals surface area contributed by atoms with Gasteiger partial charge in [-0.05, 0) is 30.3 Å². The van der Waals surface area contributed by atoms with E-state index < -0.39 is 0 Å². The van der Waals surface area contributed by atoms with E-state index in [-0.39, 0.29) is 5.91 Å². The fourth-order valence-corrected chi connectivity index (χ4v) is 1.66. The standard InChI is InChI=1S/C12H9Cl2N3O/c13-7-1-3-10(15)9(5-7)12(18)17-8-2-4-11(14)16-6-8/h1-6H,15H2,(H,17,18). The molecule has 1 aromatic carbocycles. The summed E-state index contributed by atoms with van der Waals surface area (Å²) in [6.45, 7) is 0. The normalized spacial score (nSPS) is 10.1. The van der Waals surface area contributed by atoms with Crippen LogP contribution in [0.4, 0.5) is 11.4 Å². The van der Waals surface area contributed by atoms with Crippen LogP contribution in [0.1, 0.15) is 10.4 Å². The number of hydrogen-bond acceptors (Lipinski definition) is 3. The largest absolute Gasteiger partial charge is 0.398 e. The minimum Gasteiger partial charge on any atom is -0.398 e. The molecule has 0 spiro atoms. The molecule has 0 radical (unpaired) electrons. The first-order chi connectivity index (χ1) is 8.56. The third kappa shape index (κ3) is 2.91. The third-order valence-corrected chi connectivity index (χ3v) is 2.70. The molecule has 18 heavy (non-hydrogen) atoms. The first-order valence-corrected chi connectivity index (χ1v) is 5.80. The van der Waals surface area contributed by atoms with Crippen LogP contribution >= 0.6 is 23.2 Å². The van der Waals surface area contributed by atoms with Crippen LogP contribution in [0.25, 0.3) is 0 Å². The Hall–Kier alpha value is -1.78. The molecule has 1 aromatic heterocycles. The Bertz CT molecular complexity index is 584. The van der Waals surface area contributed by atoms with Gasteiger partial charge in [0.25, 0.3) is 5.91 Å². The van der Waals surface area contributed by atoms with E-state index in [0.717, 1.165) is 0 Å². The number of amides is 1. The van der Waals surface area contributed by atoms with Gasteiger partial charge in [-0.3, -0.25) is 4.79 Å². The highest BCUT2D eigenvalue weighted by Gasteiger charge is 2.10. The van der Waals surface area contributed by atoms with E-state index in [4.69, 9.17) is 28.9 Å². The number of rotatable bonds is 2. The highest BCUT2D eigenvalue weighted by atomic mass is 35.5. The number of nitrogens with zero attached hydrogens (tertiary/aromatic N) is 1. The number of nitrogens with one attached hydrogen (secondary N) is 1. The number of aromatic nitrogens is 1. The van der Waals surface area contributed by atoms with Gasteiger partial charge >= 0.3 is 0 Å². The summed E-state index contributed by atoms with van der Waals surface area (Å²) in [5.74, 6) is -0.348. The number of benzene rings is 1. The van der Waals surface area contributed by atoms with Crippen molar-refractivity contribution in [3.05, 3.63) is 52.3 Å². The van der Waals surface area contributed by atoms with Gasteiger partial charge in [-0.15, -0.1) is 0 Å². The molecule has 0 saturated heterocycles. The van der Waals surface area contributed by atoms with Crippen molar-refractivity contribution in [2.24, 2.45) is 0 Å². The highest BCUT2D eigenvalue weighted by molar-refractivity contribution is 6.31. The number of pyridine rings is 1. The quantitative estimate of drug-likeness (QED) is 0.656. The van der Waals surface area contributed by atoms with Crippen LogP contribution in [0.3, 0.4) is 0 Å². The van der Waals surface area contributed by atoms with E-state index in [2.05, 4.69) is 10.3 Å². The number of anilines is 2. The average molecular weight is 282 g/mol. The molecule has 0 unspecified atom stereocenters. The molecule has 0 aliphatic carbocycles. The first kappa shape index (κ1) is 12.7. The van der Waals surface area contributed by atoms with Gasteiger partial charge in [0.05, 0.1) is 17.4 Å². The minimum absolute atomic E-state index is 0.317. The zero-order valence-corrected chi connectivity index (χ0v) is 10.7. The van der Waals surface area contributed by atoms with Crippen molar-refractivity contribution in [1.29, 1.82) is 0 Å². The molecular formula is C12H9Cl2N3O. The molecule has 4 nitrogen and oxygen atoms in total. The molecule has 2 aromatic rings. The van der Waals surface area contributed by atoms with Crippen LogP contribution in [0.2, 0.25) is 10.2 Å². The van der Waals surface area contributed by atoms with E-state index in [9.17, 15) is 4.79 Å². The zero-order valence-electron chi connectivity index (χ0n) is 9.15. The molecule has 0 saturated carbocycles. The van der Waals surface area contributed by atoms with E-state index in [0.29, 0.717) is 27.1 Å². The SMILES string of the molecule is Nc1ccc(Cl)cc1C(=O)Nc1ccc(Cl)nc1. The van der Waals surface area contributed by atoms with Gasteiger partial charge in [0.1, 0.15) is 5.15 Å². The number of nitrogen functional groups attached to an aromatic ring is 1. The number of hydrogen-bond donors (Lipinski definition) is 2.